The summed E-state index contributed by atoms with van der Waals surface area (Å²) in [6.07, 6.45) is 1.74. The van der Waals surface area contributed by atoms with Gasteiger partial charge < -0.3 is 15.4 Å². The number of halogens is 1. The van der Waals surface area contributed by atoms with Gasteiger partial charge in [-0.05, 0) is 60.5 Å². The highest BCUT2D eigenvalue weighted by Gasteiger charge is 2.37. The van der Waals surface area contributed by atoms with E-state index in [0.29, 0.717) is 29.1 Å². The van der Waals surface area contributed by atoms with Gasteiger partial charge in [0, 0.05) is 16.9 Å². The van der Waals surface area contributed by atoms with Crippen molar-refractivity contribution in [3.8, 4) is 0 Å². The van der Waals surface area contributed by atoms with Crippen molar-refractivity contribution in [2.45, 2.75) is 26.3 Å². The lowest BCUT2D eigenvalue weighted by atomic mass is 10.1. The number of carbonyl (C=O) groups excluding carboxylic acids is 4. The molecule has 38 heavy (non-hydrogen) atoms. The highest BCUT2D eigenvalue weighted by molar-refractivity contribution is 6.48. The molecule has 0 bridgehead atoms. The summed E-state index contributed by atoms with van der Waals surface area (Å²) in [5.41, 5.74) is 2.58. The number of benzene rings is 3. The predicted molar refractivity (Wildman–Crippen MR) is 145 cm³/mol. The molecule has 1 aliphatic heterocycles. The molecule has 3 aromatic rings. The molecule has 2 N–H and O–H groups in total. The van der Waals surface area contributed by atoms with Gasteiger partial charge in [0.1, 0.15) is 10.7 Å². The number of rotatable bonds is 10. The Kier molecular flexibility index (Phi) is 8.55. The van der Waals surface area contributed by atoms with Crippen LogP contribution in [0.4, 0.5) is 11.4 Å². The predicted octanol–water partition coefficient (Wildman–Crippen LogP) is 5.33. The second-order valence-corrected chi connectivity index (χ2v) is 8.97. The number of ether oxygens (including phenoxy) is 1. The lowest BCUT2D eigenvalue weighted by molar-refractivity contribution is -0.138. The number of imide groups is 1. The van der Waals surface area contributed by atoms with E-state index < -0.39 is 17.8 Å². The third kappa shape index (κ3) is 6.27. The Morgan fingerprint density at radius 1 is 0.842 bits per heavy atom. The van der Waals surface area contributed by atoms with Gasteiger partial charge >= 0.3 is 5.97 Å². The maximum Gasteiger partial charge on any atom is 0.338 e. The summed E-state index contributed by atoms with van der Waals surface area (Å²) in [7, 11) is 0. The minimum absolute atomic E-state index is 0.0156. The van der Waals surface area contributed by atoms with Crippen molar-refractivity contribution in [1.29, 1.82) is 0 Å². The first kappa shape index (κ1) is 26.6. The second-order valence-electron chi connectivity index (χ2n) is 8.59. The van der Waals surface area contributed by atoms with Crippen LogP contribution in [0.1, 0.15) is 46.0 Å². The SMILES string of the molecule is CCCCOC(=O)c1ccc(NC(=O)c2ccc(NC3=C(Cl)C(=O)N(Cc4ccccc4)C3=O)cc2)cc1. The van der Waals surface area contributed by atoms with E-state index >= 15 is 0 Å². The summed E-state index contributed by atoms with van der Waals surface area (Å²) in [5, 5.41) is 5.48. The molecule has 1 aliphatic rings. The fourth-order valence-electron chi connectivity index (χ4n) is 3.70. The van der Waals surface area contributed by atoms with E-state index in [0.717, 1.165) is 23.3 Å². The number of carbonyl (C=O) groups is 4. The van der Waals surface area contributed by atoms with E-state index in [1.807, 2.05) is 37.3 Å². The number of unbranched alkanes of at least 4 members (excludes halogenated alkanes) is 1. The highest BCUT2D eigenvalue weighted by atomic mass is 35.5. The third-order valence-corrected chi connectivity index (χ3v) is 6.17. The first-order valence-electron chi connectivity index (χ1n) is 12.1. The molecule has 8 nitrogen and oxygen atoms in total. The molecule has 0 saturated carbocycles. The summed E-state index contributed by atoms with van der Waals surface area (Å²) in [4.78, 5) is 51.2. The van der Waals surface area contributed by atoms with Crippen LogP contribution in [-0.2, 0) is 20.9 Å². The van der Waals surface area contributed by atoms with Crippen molar-refractivity contribution in [2.24, 2.45) is 0 Å². The molecule has 0 saturated heterocycles. The molecule has 0 spiro atoms. The largest absolute Gasteiger partial charge is 0.462 e. The van der Waals surface area contributed by atoms with Gasteiger partial charge in [0.05, 0.1) is 18.7 Å². The van der Waals surface area contributed by atoms with E-state index in [-0.39, 0.29) is 23.2 Å². The fraction of sp³-hybridized carbons (Fsp3) is 0.172. The number of hydrogen-bond acceptors (Lipinski definition) is 6. The first-order chi connectivity index (χ1) is 18.4. The molecule has 0 aromatic heterocycles. The van der Waals surface area contributed by atoms with Crippen LogP contribution >= 0.6 is 11.6 Å². The minimum Gasteiger partial charge on any atom is -0.462 e. The molecule has 194 valence electrons. The van der Waals surface area contributed by atoms with Crippen LogP contribution in [0.15, 0.2) is 89.6 Å². The first-order valence-corrected chi connectivity index (χ1v) is 12.5. The lowest BCUT2D eigenvalue weighted by Crippen LogP contribution is -2.31. The number of amides is 3. The molecule has 9 heteroatoms. The summed E-state index contributed by atoms with van der Waals surface area (Å²) in [6.45, 7) is 2.50. The molecule has 0 radical (unpaired) electrons. The minimum atomic E-state index is -0.570. The van der Waals surface area contributed by atoms with E-state index in [1.54, 1.807) is 48.5 Å². The number of esters is 1. The standard InChI is InChI=1S/C29H26ClN3O5/c1-2-3-17-38-29(37)21-11-15-23(16-12-21)32-26(34)20-9-13-22(14-10-20)31-25-24(30)27(35)33(28(25)36)18-19-7-5-4-6-8-19/h4-16,31H,2-3,17-18H2,1H3,(H,32,34). The number of anilines is 2. The zero-order chi connectivity index (χ0) is 27.1. The maximum atomic E-state index is 12.9. The molecular weight excluding hydrogens is 506 g/mol. The Bertz CT molecular complexity index is 1370. The molecule has 0 aliphatic carbocycles. The highest BCUT2D eigenvalue weighted by Crippen LogP contribution is 2.27. The van der Waals surface area contributed by atoms with E-state index in [9.17, 15) is 19.2 Å². The van der Waals surface area contributed by atoms with Crippen molar-refractivity contribution in [3.63, 3.8) is 0 Å². The number of nitrogens with zero attached hydrogens (tertiary/aromatic N) is 1. The maximum absolute atomic E-state index is 12.9. The average Bonchev–Trinajstić information content (AvgIpc) is 3.13. The Labute approximate surface area is 225 Å². The van der Waals surface area contributed by atoms with Crippen LogP contribution in [0.3, 0.4) is 0 Å². The van der Waals surface area contributed by atoms with Gasteiger partial charge in [0.15, 0.2) is 0 Å². The van der Waals surface area contributed by atoms with Crippen LogP contribution in [0.25, 0.3) is 0 Å². The molecule has 0 atom stereocenters. The Balaban J connectivity index is 1.35. The van der Waals surface area contributed by atoms with Crippen LogP contribution in [0.2, 0.25) is 0 Å². The van der Waals surface area contributed by atoms with Gasteiger partial charge in [-0.2, -0.15) is 0 Å². The topological polar surface area (TPSA) is 105 Å². The Hall–Kier alpha value is -4.43. The molecule has 3 aromatic carbocycles. The van der Waals surface area contributed by atoms with Crippen molar-refractivity contribution in [3.05, 3.63) is 106 Å². The van der Waals surface area contributed by atoms with E-state index in [1.165, 1.54) is 0 Å². The second kappa shape index (κ2) is 12.2. The lowest BCUT2D eigenvalue weighted by Gasteiger charge is -2.15. The van der Waals surface area contributed by atoms with Crippen LogP contribution in [-0.4, -0.2) is 35.2 Å². The van der Waals surface area contributed by atoms with Gasteiger partial charge in [-0.25, -0.2) is 4.79 Å². The number of hydrogen-bond donors (Lipinski definition) is 2. The normalized spacial score (nSPS) is 13.1. The molecular formula is C29H26ClN3O5. The third-order valence-electron chi connectivity index (χ3n) is 5.82. The van der Waals surface area contributed by atoms with Crippen molar-refractivity contribution >= 4 is 46.7 Å². The Morgan fingerprint density at radius 2 is 1.47 bits per heavy atom. The van der Waals surface area contributed by atoms with Gasteiger partial charge in [-0.15, -0.1) is 0 Å². The van der Waals surface area contributed by atoms with Gasteiger partial charge in [0.25, 0.3) is 17.7 Å². The zero-order valence-electron chi connectivity index (χ0n) is 20.7. The van der Waals surface area contributed by atoms with Crippen molar-refractivity contribution < 1.29 is 23.9 Å². The fourth-order valence-corrected chi connectivity index (χ4v) is 3.93. The molecule has 4 rings (SSSR count). The summed E-state index contributed by atoms with van der Waals surface area (Å²) in [6, 6.07) is 22.0. The van der Waals surface area contributed by atoms with Crippen molar-refractivity contribution in [1.82, 2.24) is 4.90 Å². The van der Waals surface area contributed by atoms with Crippen molar-refractivity contribution in [2.75, 3.05) is 17.2 Å². The quantitative estimate of drug-likeness (QED) is 0.208. The molecule has 1 heterocycles. The smallest absolute Gasteiger partial charge is 0.338 e. The number of nitrogens with one attached hydrogen (secondary N) is 2. The van der Waals surface area contributed by atoms with Gasteiger partial charge in [-0.3, -0.25) is 19.3 Å². The van der Waals surface area contributed by atoms with E-state index in [4.69, 9.17) is 16.3 Å². The molecule has 0 fully saturated rings. The monoisotopic (exact) mass is 531 g/mol. The Morgan fingerprint density at radius 3 is 2.13 bits per heavy atom. The van der Waals surface area contributed by atoms with Gasteiger partial charge in [0.2, 0.25) is 0 Å². The molecule has 3 amide bonds. The average molecular weight is 532 g/mol. The molecule has 0 unspecified atom stereocenters. The van der Waals surface area contributed by atoms with Gasteiger partial charge in [-0.1, -0.05) is 55.3 Å². The van der Waals surface area contributed by atoms with Crippen LogP contribution in [0, 0.1) is 0 Å². The van der Waals surface area contributed by atoms with Crippen LogP contribution < -0.4 is 10.6 Å². The summed E-state index contributed by atoms with van der Waals surface area (Å²) < 4.78 is 5.18. The summed E-state index contributed by atoms with van der Waals surface area (Å²) in [5.74, 6) is -1.85. The van der Waals surface area contributed by atoms with Crippen LogP contribution in [0.5, 0.6) is 0 Å². The summed E-state index contributed by atoms with van der Waals surface area (Å²) >= 11 is 6.18. The zero-order valence-corrected chi connectivity index (χ0v) is 21.5. The van der Waals surface area contributed by atoms with E-state index in [2.05, 4.69) is 10.6 Å².